The van der Waals surface area contributed by atoms with Gasteiger partial charge in [0.2, 0.25) is 17.7 Å². The van der Waals surface area contributed by atoms with E-state index in [2.05, 4.69) is 20.9 Å². The van der Waals surface area contributed by atoms with Gasteiger partial charge in [0, 0.05) is 13.0 Å². The number of aliphatic imine (C=N–C) groups is 1. The number of nitrogens with zero attached hydrogens (tertiary/aromatic N) is 1. The number of aliphatic carboxylic acids is 2. The molecule has 0 spiro atoms. The Morgan fingerprint density at radius 3 is 1.89 bits per heavy atom. The van der Waals surface area contributed by atoms with Gasteiger partial charge in [-0.15, -0.1) is 0 Å². The van der Waals surface area contributed by atoms with E-state index in [1.54, 1.807) is 13.8 Å². The number of aliphatic hydroxyl groups excluding tert-OH is 1. The molecule has 0 saturated heterocycles. The zero-order valence-electron chi connectivity index (χ0n) is 20.1. The molecular weight excluding hydrogens is 466 g/mol. The average Bonchev–Trinajstić information content (AvgIpc) is 2.74. The number of aliphatic hydroxyl groups is 1. The van der Waals surface area contributed by atoms with Crippen LogP contribution in [0.15, 0.2) is 4.99 Å². The first-order chi connectivity index (χ1) is 16.2. The van der Waals surface area contributed by atoms with E-state index in [-0.39, 0.29) is 25.3 Å². The third-order valence-electron chi connectivity index (χ3n) is 4.88. The smallest absolute Gasteiger partial charge is 0.326 e. The van der Waals surface area contributed by atoms with Crippen LogP contribution in [0.4, 0.5) is 0 Å². The lowest BCUT2D eigenvalue weighted by molar-refractivity contribution is -0.144. The highest BCUT2D eigenvalue weighted by Gasteiger charge is 2.33. The van der Waals surface area contributed by atoms with Crippen LogP contribution in [0.5, 0.6) is 0 Å². The molecule has 0 aromatic heterocycles. The van der Waals surface area contributed by atoms with Crippen LogP contribution in [0.3, 0.4) is 0 Å². The summed E-state index contributed by atoms with van der Waals surface area (Å²) in [6.45, 7) is 4.55. The Bertz CT molecular complexity index is 783. The van der Waals surface area contributed by atoms with Crippen molar-refractivity contribution in [2.75, 3.05) is 6.54 Å². The molecule has 0 aliphatic carbocycles. The summed E-state index contributed by atoms with van der Waals surface area (Å²) in [5.74, 6) is -5.80. The van der Waals surface area contributed by atoms with Gasteiger partial charge in [0.05, 0.1) is 12.1 Å². The van der Waals surface area contributed by atoms with Crippen molar-refractivity contribution in [1.82, 2.24) is 16.0 Å². The van der Waals surface area contributed by atoms with E-state index in [0.717, 1.165) is 0 Å². The fourth-order valence-electron chi connectivity index (χ4n) is 2.88. The predicted octanol–water partition coefficient (Wildman–Crippen LogP) is -3.19. The number of hydrogen-bond donors (Lipinski definition) is 9. The first-order valence-electron chi connectivity index (χ1n) is 11.0. The third kappa shape index (κ3) is 12.5. The lowest BCUT2D eigenvalue weighted by Gasteiger charge is -2.27. The Hall–Kier alpha value is -3.46. The maximum Gasteiger partial charge on any atom is 0.326 e. The van der Waals surface area contributed by atoms with Gasteiger partial charge in [0.1, 0.15) is 18.1 Å². The van der Waals surface area contributed by atoms with Gasteiger partial charge in [-0.25, -0.2) is 4.79 Å². The van der Waals surface area contributed by atoms with E-state index in [0.29, 0.717) is 6.42 Å². The van der Waals surface area contributed by atoms with Crippen molar-refractivity contribution in [3.63, 3.8) is 0 Å². The molecule has 0 aliphatic rings. The van der Waals surface area contributed by atoms with Gasteiger partial charge >= 0.3 is 11.9 Å². The largest absolute Gasteiger partial charge is 0.481 e. The van der Waals surface area contributed by atoms with Crippen LogP contribution >= 0.6 is 0 Å². The highest BCUT2D eigenvalue weighted by Crippen LogP contribution is 2.06. The van der Waals surface area contributed by atoms with Crippen molar-refractivity contribution in [3.05, 3.63) is 0 Å². The summed E-state index contributed by atoms with van der Waals surface area (Å²) in [6.07, 6.45) is -1.72. The van der Waals surface area contributed by atoms with Crippen LogP contribution in [0.25, 0.3) is 0 Å². The second-order valence-corrected chi connectivity index (χ2v) is 8.34. The lowest BCUT2D eigenvalue weighted by Crippen LogP contribution is -2.60. The molecule has 12 N–H and O–H groups in total. The zero-order chi connectivity index (χ0) is 27.3. The minimum Gasteiger partial charge on any atom is -0.481 e. The molecule has 0 radical (unpaired) electrons. The SMILES string of the molecule is CC(C)C(NC(=O)C(NC(=O)C(CCC(=O)O)NC(=O)C(N)CCCN=C(N)N)C(C)O)C(=O)O. The van der Waals surface area contributed by atoms with Gasteiger partial charge in [-0.2, -0.15) is 0 Å². The molecule has 0 fully saturated rings. The van der Waals surface area contributed by atoms with Crippen LogP contribution in [-0.4, -0.2) is 87.8 Å². The summed E-state index contributed by atoms with van der Waals surface area (Å²) in [6, 6.07) is -5.29. The molecule has 15 heteroatoms. The quantitative estimate of drug-likeness (QED) is 0.0574. The maximum atomic E-state index is 12.8. The summed E-state index contributed by atoms with van der Waals surface area (Å²) >= 11 is 0. The molecule has 35 heavy (non-hydrogen) atoms. The van der Waals surface area contributed by atoms with Crippen LogP contribution in [0.1, 0.15) is 46.5 Å². The number of carboxylic acids is 2. The summed E-state index contributed by atoms with van der Waals surface area (Å²) in [7, 11) is 0. The fourth-order valence-corrected chi connectivity index (χ4v) is 2.88. The fraction of sp³-hybridized carbons (Fsp3) is 0.700. The number of guanidine groups is 1. The minimum atomic E-state index is -1.57. The molecule has 5 atom stereocenters. The molecular formula is C20H37N7O8. The first kappa shape index (κ1) is 31.5. The van der Waals surface area contributed by atoms with Crippen LogP contribution in [-0.2, 0) is 24.0 Å². The molecule has 0 aromatic carbocycles. The van der Waals surface area contributed by atoms with Crippen LogP contribution < -0.4 is 33.2 Å². The molecule has 3 amide bonds. The Labute approximate surface area is 202 Å². The van der Waals surface area contributed by atoms with Gasteiger partial charge in [0.15, 0.2) is 5.96 Å². The van der Waals surface area contributed by atoms with Gasteiger partial charge < -0.3 is 48.5 Å². The Balaban J connectivity index is 5.39. The van der Waals surface area contributed by atoms with E-state index in [1.165, 1.54) is 6.92 Å². The van der Waals surface area contributed by atoms with Crippen molar-refractivity contribution in [3.8, 4) is 0 Å². The second-order valence-electron chi connectivity index (χ2n) is 8.34. The standard InChI is InChI=1S/C20H37N7O8/c1-9(2)14(19(34)35)26-18(33)15(10(3)28)27-17(32)12(6-7-13(29)30)25-16(31)11(21)5-4-8-24-20(22)23/h9-12,14-15,28H,4-8,21H2,1-3H3,(H,25,31)(H,26,33)(H,27,32)(H,29,30)(H,34,35)(H4,22,23,24). The molecule has 5 unspecified atom stereocenters. The van der Waals surface area contributed by atoms with E-state index in [9.17, 15) is 34.2 Å². The summed E-state index contributed by atoms with van der Waals surface area (Å²) in [4.78, 5) is 63.9. The van der Waals surface area contributed by atoms with E-state index >= 15 is 0 Å². The average molecular weight is 504 g/mol. The number of amides is 3. The van der Waals surface area contributed by atoms with Crippen molar-refractivity contribution < 1.29 is 39.3 Å². The topological polar surface area (TPSA) is 273 Å². The first-order valence-corrected chi connectivity index (χ1v) is 11.0. The molecule has 15 nitrogen and oxygen atoms in total. The predicted molar refractivity (Wildman–Crippen MR) is 125 cm³/mol. The number of carboxylic acid groups (broad SMARTS) is 2. The van der Waals surface area contributed by atoms with Gasteiger partial charge in [0.25, 0.3) is 0 Å². The number of carbonyl (C=O) groups excluding carboxylic acids is 3. The Morgan fingerprint density at radius 2 is 1.43 bits per heavy atom. The highest BCUT2D eigenvalue weighted by atomic mass is 16.4. The van der Waals surface area contributed by atoms with Crippen molar-refractivity contribution in [1.29, 1.82) is 0 Å². The zero-order valence-corrected chi connectivity index (χ0v) is 20.1. The van der Waals surface area contributed by atoms with Crippen LogP contribution in [0.2, 0.25) is 0 Å². The number of rotatable bonds is 16. The van der Waals surface area contributed by atoms with E-state index < -0.39 is 72.3 Å². The Kier molecular flexibility index (Phi) is 13.9. The minimum absolute atomic E-state index is 0.117. The molecule has 0 aromatic rings. The molecule has 0 heterocycles. The van der Waals surface area contributed by atoms with Crippen LogP contribution in [0, 0.1) is 5.92 Å². The number of nitrogens with one attached hydrogen (secondary N) is 3. The van der Waals surface area contributed by atoms with Gasteiger partial charge in [-0.05, 0) is 32.1 Å². The number of nitrogens with two attached hydrogens (primary N) is 3. The third-order valence-corrected chi connectivity index (χ3v) is 4.88. The van der Waals surface area contributed by atoms with Crippen molar-refractivity contribution in [2.45, 2.75) is 76.7 Å². The van der Waals surface area contributed by atoms with Gasteiger partial charge in [-0.3, -0.25) is 24.2 Å². The molecule has 0 aliphatic heterocycles. The molecule has 0 bridgehead atoms. The summed E-state index contributed by atoms with van der Waals surface area (Å²) in [5.41, 5.74) is 16.2. The molecule has 0 rings (SSSR count). The summed E-state index contributed by atoms with van der Waals surface area (Å²) < 4.78 is 0. The van der Waals surface area contributed by atoms with Crippen molar-refractivity contribution in [2.24, 2.45) is 28.1 Å². The molecule has 200 valence electrons. The highest BCUT2D eigenvalue weighted by molar-refractivity contribution is 5.94. The van der Waals surface area contributed by atoms with Gasteiger partial charge in [-0.1, -0.05) is 13.8 Å². The van der Waals surface area contributed by atoms with E-state index in [1.807, 2.05) is 0 Å². The number of carbonyl (C=O) groups is 5. The monoisotopic (exact) mass is 503 g/mol. The maximum absolute atomic E-state index is 12.8. The molecule has 0 saturated carbocycles. The van der Waals surface area contributed by atoms with E-state index in [4.69, 9.17) is 22.3 Å². The number of hydrogen-bond acceptors (Lipinski definition) is 8. The summed E-state index contributed by atoms with van der Waals surface area (Å²) in [5, 5.41) is 35.1. The second kappa shape index (κ2) is 15.4. The Morgan fingerprint density at radius 1 is 0.857 bits per heavy atom. The normalized spacial score (nSPS) is 15.1. The van der Waals surface area contributed by atoms with Crippen molar-refractivity contribution >= 4 is 35.6 Å². The lowest BCUT2D eigenvalue weighted by atomic mass is 10.0.